The molecule has 2 heteroatoms. The van der Waals surface area contributed by atoms with Gasteiger partial charge in [-0.25, -0.2) is 0 Å². The lowest BCUT2D eigenvalue weighted by Crippen LogP contribution is -2.32. The summed E-state index contributed by atoms with van der Waals surface area (Å²) >= 11 is 0. The van der Waals surface area contributed by atoms with Gasteiger partial charge in [-0.1, -0.05) is 20.8 Å². The quantitative estimate of drug-likeness (QED) is 0.658. The van der Waals surface area contributed by atoms with E-state index >= 15 is 0 Å². The summed E-state index contributed by atoms with van der Waals surface area (Å²) in [5.74, 6) is 0.756. The van der Waals surface area contributed by atoms with Crippen LogP contribution in [0.25, 0.3) is 0 Å². The number of Topliss-reactive ketones (excluding diaryl/α,β-unsaturated/α-hetero) is 1. The summed E-state index contributed by atoms with van der Waals surface area (Å²) in [6.07, 6.45) is 1.20. The van der Waals surface area contributed by atoms with E-state index in [4.69, 9.17) is 4.74 Å². The smallest absolute Gasteiger partial charge is 0.138 e. The molecule has 0 aromatic carbocycles. The van der Waals surface area contributed by atoms with Crippen LogP contribution in [0.15, 0.2) is 0 Å². The predicted octanol–water partition coefficient (Wildman–Crippen LogP) is 2.42. The minimum absolute atomic E-state index is 0.0670. The first-order valence-corrected chi connectivity index (χ1v) is 5.04. The number of rotatable bonds is 2. The number of ketones is 1. The van der Waals surface area contributed by atoms with E-state index < -0.39 is 0 Å². The molecule has 2 nitrogen and oxygen atoms in total. The maximum absolute atomic E-state index is 11.5. The van der Waals surface area contributed by atoms with Crippen molar-refractivity contribution in [3.8, 4) is 0 Å². The molecule has 13 heavy (non-hydrogen) atoms. The molecule has 0 bridgehead atoms. The number of hydrogen-bond donors (Lipinski definition) is 0. The van der Waals surface area contributed by atoms with Crippen molar-refractivity contribution in [1.29, 1.82) is 0 Å². The Morgan fingerprint density at radius 3 is 2.31 bits per heavy atom. The SMILES string of the molecule is CC(=O)[C@]1(C)C[C@H](C(C)C)O[C@H]1C. The minimum Gasteiger partial charge on any atom is -0.374 e. The van der Waals surface area contributed by atoms with Crippen LogP contribution in [0, 0.1) is 11.3 Å². The summed E-state index contributed by atoms with van der Waals surface area (Å²) in [5.41, 5.74) is -0.255. The van der Waals surface area contributed by atoms with Crippen molar-refractivity contribution in [2.45, 2.75) is 53.2 Å². The highest BCUT2D eigenvalue weighted by atomic mass is 16.5. The van der Waals surface area contributed by atoms with Crippen LogP contribution in [-0.2, 0) is 9.53 Å². The number of carbonyl (C=O) groups is 1. The van der Waals surface area contributed by atoms with Crippen molar-refractivity contribution in [2.75, 3.05) is 0 Å². The molecule has 1 aliphatic rings. The summed E-state index contributed by atoms with van der Waals surface area (Å²) in [5, 5.41) is 0. The molecule has 0 unspecified atom stereocenters. The Morgan fingerprint density at radius 2 is 2.08 bits per heavy atom. The van der Waals surface area contributed by atoms with Gasteiger partial charge in [0.15, 0.2) is 0 Å². The third-order valence-corrected chi connectivity index (χ3v) is 3.45. The van der Waals surface area contributed by atoms with E-state index in [1.54, 1.807) is 6.92 Å². The molecule has 1 heterocycles. The van der Waals surface area contributed by atoms with Gasteiger partial charge in [-0.05, 0) is 26.2 Å². The van der Waals surface area contributed by atoms with Crippen LogP contribution in [0.3, 0.4) is 0 Å². The largest absolute Gasteiger partial charge is 0.374 e. The molecule has 1 rings (SSSR count). The molecule has 1 saturated heterocycles. The van der Waals surface area contributed by atoms with Gasteiger partial charge in [-0.15, -0.1) is 0 Å². The van der Waals surface area contributed by atoms with Gasteiger partial charge < -0.3 is 4.74 Å². The van der Waals surface area contributed by atoms with Crippen LogP contribution in [0.2, 0.25) is 0 Å². The Bertz CT molecular complexity index is 210. The standard InChI is InChI=1S/C11H20O2/c1-7(2)10-6-11(5,8(3)12)9(4)13-10/h7,9-10H,6H2,1-5H3/t9-,10+,11-/m0/s1. The van der Waals surface area contributed by atoms with Crippen LogP contribution in [-0.4, -0.2) is 18.0 Å². The lowest BCUT2D eigenvalue weighted by Gasteiger charge is -2.23. The lowest BCUT2D eigenvalue weighted by molar-refractivity contribution is -0.128. The highest BCUT2D eigenvalue weighted by Crippen LogP contribution is 2.41. The van der Waals surface area contributed by atoms with Gasteiger partial charge >= 0.3 is 0 Å². The molecule has 0 N–H and O–H groups in total. The van der Waals surface area contributed by atoms with Gasteiger partial charge in [0.1, 0.15) is 5.78 Å². The molecule has 0 radical (unpaired) electrons. The number of ether oxygens (including phenoxy) is 1. The second-order valence-corrected chi connectivity index (χ2v) is 4.74. The molecule has 76 valence electrons. The lowest BCUT2D eigenvalue weighted by atomic mass is 9.78. The Hall–Kier alpha value is -0.370. The molecule has 0 amide bonds. The monoisotopic (exact) mass is 184 g/mol. The summed E-state index contributed by atoms with van der Waals surface area (Å²) in [4.78, 5) is 11.5. The first-order chi connectivity index (χ1) is 5.88. The van der Waals surface area contributed by atoms with Gasteiger partial charge in [0.25, 0.3) is 0 Å². The fraction of sp³-hybridized carbons (Fsp3) is 0.909. The van der Waals surface area contributed by atoms with Gasteiger partial charge in [0, 0.05) is 0 Å². The van der Waals surface area contributed by atoms with E-state index in [-0.39, 0.29) is 23.4 Å². The van der Waals surface area contributed by atoms with E-state index in [0.717, 1.165) is 6.42 Å². The van der Waals surface area contributed by atoms with Gasteiger partial charge in [-0.3, -0.25) is 4.79 Å². The molecular weight excluding hydrogens is 164 g/mol. The third kappa shape index (κ3) is 1.78. The molecule has 0 aliphatic carbocycles. The summed E-state index contributed by atoms with van der Waals surface area (Å²) < 4.78 is 5.78. The highest BCUT2D eigenvalue weighted by molar-refractivity contribution is 5.82. The average Bonchev–Trinajstić information content (AvgIpc) is 2.30. The van der Waals surface area contributed by atoms with Crippen LogP contribution in [0.1, 0.15) is 41.0 Å². The van der Waals surface area contributed by atoms with E-state index in [1.807, 2.05) is 13.8 Å². The van der Waals surface area contributed by atoms with Crippen molar-refractivity contribution < 1.29 is 9.53 Å². The van der Waals surface area contributed by atoms with E-state index in [2.05, 4.69) is 13.8 Å². The van der Waals surface area contributed by atoms with Crippen molar-refractivity contribution in [1.82, 2.24) is 0 Å². The molecule has 0 aromatic rings. The second kappa shape index (κ2) is 3.41. The molecule has 3 atom stereocenters. The minimum atomic E-state index is -0.255. The Labute approximate surface area is 80.7 Å². The van der Waals surface area contributed by atoms with Crippen LogP contribution < -0.4 is 0 Å². The molecule has 1 aliphatic heterocycles. The normalized spacial score (nSPS) is 39.8. The molecule has 0 saturated carbocycles. The maximum Gasteiger partial charge on any atom is 0.138 e. The average molecular weight is 184 g/mol. The summed E-state index contributed by atoms with van der Waals surface area (Å²) in [7, 11) is 0. The van der Waals surface area contributed by atoms with E-state index in [9.17, 15) is 4.79 Å². The van der Waals surface area contributed by atoms with Crippen LogP contribution >= 0.6 is 0 Å². The van der Waals surface area contributed by atoms with Crippen molar-refractivity contribution in [3.05, 3.63) is 0 Å². The fourth-order valence-corrected chi connectivity index (χ4v) is 1.87. The predicted molar refractivity (Wildman–Crippen MR) is 52.6 cm³/mol. The fourth-order valence-electron chi connectivity index (χ4n) is 1.87. The second-order valence-electron chi connectivity index (χ2n) is 4.74. The van der Waals surface area contributed by atoms with E-state index in [1.165, 1.54) is 0 Å². The zero-order valence-corrected chi connectivity index (χ0v) is 9.26. The van der Waals surface area contributed by atoms with Gasteiger partial charge in [0.05, 0.1) is 17.6 Å². The van der Waals surface area contributed by atoms with Gasteiger partial charge in [-0.2, -0.15) is 0 Å². The van der Waals surface area contributed by atoms with Crippen molar-refractivity contribution >= 4 is 5.78 Å². The highest BCUT2D eigenvalue weighted by Gasteiger charge is 2.46. The molecule has 0 spiro atoms. The van der Waals surface area contributed by atoms with E-state index in [0.29, 0.717) is 5.92 Å². The first-order valence-electron chi connectivity index (χ1n) is 5.04. The topological polar surface area (TPSA) is 26.3 Å². The zero-order valence-electron chi connectivity index (χ0n) is 9.26. The first kappa shape index (κ1) is 10.7. The van der Waals surface area contributed by atoms with Crippen molar-refractivity contribution in [3.63, 3.8) is 0 Å². The Morgan fingerprint density at radius 1 is 1.54 bits per heavy atom. The third-order valence-electron chi connectivity index (χ3n) is 3.45. The number of hydrogen-bond acceptors (Lipinski definition) is 2. The summed E-state index contributed by atoms with van der Waals surface area (Å²) in [6, 6.07) is 0. The van der Waals surface area contributed by atoms with Crippen LogP contribution in [0.4, 0.5) is 0 Å². The molecule has 0 aromatic heterocycles. The molecular formula is C11H20O2. The van der Waals surface area contributed by atoms with Crippen LogP contribution in [0.5, 0.6) is 0 Å². The Kier molecular flexibility index (Phi) is 2.81. The maximum atomic E-state index is 11.5. The zero-order chi connectivity index (χ0) is 10.2. The van der Waals surface area contributed by atoms with Crippen molar-refractivity contribution in [2.24, 2.45) is 11.3 Å². The molecule has 1 fully saturated rings. The Balaban J connectivity index is 2.76. The number of carbonyl (C=O) groups excluding carboxylic acids is 1. The summed E-state index contributed by atoms with van der Waals surface area (Å²) in [6.45, 7) is 9.97. The van der Waals surface area contributed by atoms with Gasteiger partial charge in [0.2, 0.25) is 0 Å².